The topological polar surface area (TPSA) is 103 Å². The van der Waals surface area contributed by atoms with E-state index in [9.17, 15) is 9.59 Å². The third-order valence-corrected chi connectivity index (χ3v) is 2.74. The van der Waals surface area contributed by atoms with E-state index < -0.39 is 18.4 Å². The molecule has 1 aromatic carbocycles. The highest BCUT2D eigenvalue weighted by molar-refractivity contribution is 5.94. The highest BCUT2D eigenvalue weighted by Gasteiger charge is 2.08. The van der Waals surface area contributed by atoms with Crippen molar-refractivity contribution in [1.82, 2.24) is 10.3 Å². The number of carbonyl (C=O) groups is 2. The second-order valence-electron chi connectivity index (χ2n) is 4.20. The Morgan fingerprint density at radius 3 is 2.33 bits per heavy atom. The number of carboxylic acids is 1. The molecule has 0 saturated heterocycles. The summed E-state index contributed by atoms with van der Waals surface area (Å²) in [7, 11) is 0. The number of carboxylic acid groups (broad SMARTS) is 1. The molecular formula is C15H11N3O3. The Kier molecular flexibility index (Phi) is 4.26. The van der Waals surface area contributed by atoms with E-state index >= 15 is 0 Å². The Labute approximate surface area is 120 Å². The van der Waals surface area contributed by atoms with E-state index in [1.54, 1.807) is 30.3 Å². The highest BCUT2D eigenvalue weighted by atomic mass is 16.4. The molecule has 1 heterocycles. The van der Waals surface area contributed by atoms with Gasteiger partial charge in [0.25, 0.3) is 5.91 Å². The van der Waals surface area contributed by atoms with Crippen molar-refractivity contribution in [3.8, 4) is 17.2 Å². The summed E-state index contributed by atoms with van der Waals surface area (Å²) in [5.74, 6) is -1.65. The van der Waals surface area contributed by atoms with Crippen molar-refractivity contribution in [3.05, 3.63) is 53.9 Å². The van der Waals surface area contributed by atoms with Gasteiger partial charge in [0, 0.05) is 11.8 Å². The first-order valence-corrected chi connectivity index (χ1v) is 6.07. The molecule has 6 heteroatoms. The van der Waals surface area contributed by atoms with Gasteiger partial charge in [-0.3, -0.25) is 14.6 Å². The first-order chi connectivity index (χ1) is 10.1. The Morgan fingerprint density at radius 2 is 1.81 bits per heavy atom. The van der Waals surface area contributed by atoms with Crippen molar-refractivity contribution in [1.29, 1.82) is 5.26 Å². The maximum Gasteiger partial charge on any atom is 0.322 e. The molecule has 1 amide bonds. The van der Waals surface area contributed by atoms with Gasteiger partial charge in [0.05, 0.1) is 11.6 Å². The van der Waals surface area contributed by atoms with Crippen molar-refractivity contribution in [2.45, 2.75) is 0 Å². The van der Waals surface area contributed by atoms with Crippen molar-refractivity contribution in [3.63, 3.8) is 0 Å². The number of aromatic nitrogens is 1. The smallest absolute Gasteiger partial charge is 0.322 e. The molecule has 2 N–H and O–H groups in total. The molecule has 6 nitrogen and oxygen atoms in total. The third kappa shape index (κ3) is 3.64. The normalized spacial score (nSPS) is 9.67. The van der Waals surface area contributed by atoms with Crippen LogP contribution >= 0.6 is 0 Å². The minimum atomic E-state index is -1.11. The molecule has 0 fully saturated rings. The average molecular weight is 281 g/mol. The molecule has 0 radical (unpaired) electrons. The van der Waals surface area contributed by atoms with Crippen LogP contribution in [0.4, 0.5) is 0 Å². The van der Waals surface area contributed by atoms with E-state index in [-0.39, 0.29) is 5.69 Å². The maximum atomic E-state index is 11.6. The van der Waals surface area contributed by atoms with E-state index in [1.165, 1.54) is 12.3 Å². The molecule has 0 saturated carbocycles. The summed E-state index contributed by atoms with van der Waals surface area (Å²) in [5.41, 5.74) is 2.39. The number of rotatable bonds is 4. The van der Waals surface area contributed by atoms with Crippen LogP contribution in [0.2, 0.25) is 0 Å². The first kappa shape index (κ1) is 14.2. The molecule has 2 aromatic rings. The van der Waals surface area contributed by atoms with Gasteiger partial charge >= 0.3 is 5.97 Å². The standard InChI is InChI=1S/C15H11N3O3/c16-7-10-1-3-11(4-2-10)12-5-6-13(17-8-12)15(21)18-9-14(19)20/h1-6,8H,9H2,(H,18,21)(H,19,20). The lowest BCUT2D eigenvalue weighted by molar-refractivity contribution is -0.135. The quantitative estimate of drug-likeness (QED) is 0.882. The van der Waals surface area contributed by atoms with Gasteiger partial charge in [0.15, 0.2) is 0 Å². The van der Waals surface area contributed by atoms with Crippen molar-refractivity contribution in [2.24, 2.45) is 0 Å². The zero-order chi connectivity index (χ0) is 15.2. The van der Waals surface area contributed by atoms with Gasteiger partial charge in [0.2, 0.25) is 0 Å². The zero-order valence-corrected chi connectivity index (χ0v) is 10.9. The average Bonchev–Trinajstić information content (AvgIpc) is 2.53. The van der Waals surface area contributed by atoms with E-state index in [1.807, 2.05) is 6.07 Å². The number of carbonyl (C=O) groups excluding carboxylic acids is 1. The number of pyridine rings is 1. The Morgan fingerprint density at radius 1 is 1.14 bits per heavy atom. The zero-order valence-electron chi connectivity index (χ0n) is 10.9. The fraction of sp³-hybridized carbons (Fsp3) is 0.0667. The molecule has 0 aliphatic heterocycles. The lowest BCUT2D eigenvalue weighted by Gasteiger charge is -2.04. The van der Waals surface area contributed by atoms with Gasteiger partial charge in [-0.15, -0.1) is 0 Å². The second kappa shape index (κ2) is 6.30. The second-order valence-corrected chi connectivity index (χ2v) is 4.20. The van der Waals surface area contributed by atoms with Crippen LogP contribution in [0, 0.1) is 11.3 Å². The molecule has 0 aliphatic rings. The minimum absolute atomic E-state index is 0.147. The number of aliphatic carboxylic acids is 1. The summed E-state index contributed by atoms with van der Waals surface area (Å²) in [6, 6.07) is 12.2. The fourth-order valence-corrected chi connectivity index (χ4v) is 1.68. The van der Waals surface area contributed by atoms with Gasteiger partial charge in [0.1, 0.15) is 12.2 Å². The SMILES string of the molecule is N#Cc1ccc(-c2ccc(C(=O)NCC(=O)O)nc2)cc1. The predicted octanol–water partition coefficient (Wildman–Crippen LogP) is 1.43. The monoisotopic (exact) mass is 281 g/mol. The number of hydrogen-bond donors (Lipinski definition) is 2. The van der Waals surface area contributed by atoms with E-state index in [0.29, 0.717) is 5.56 Å². The van der Waals surface area contributed by atoms with Crippen LogP contribution in [0.25, 0.3) is 11.1 Å². The van der Waals surface area contributed by atoms with Crippen LogP contribution in [-0.2, 0) is 4.79 Å². The molecule has 2 rings (SSSR count). The molecule has 21 heavy (non-hydrogen) atoms. The highest BCUT2D eigenvalue weighted by Crippen LogP contribution is 2.18. The van der Waals surface area contributed by atoms with Crippen LogP contribution < -0.4 is 5.32 Å². The minimum Gasteiger partial charge on any atom is -0.480 e. The number of nitriles is 1. The van der Waals surface area contributed by atoms with Gasteiger partial charge in [-0.1, -0.05) is 18.2 Å². The Hall–Kier alpha value is -3.20. The summed E-state index contributed by atoms with van der Waals surface area (Å²) < 4.78 is 0. The molecule has 104 valence electrons. The molecule has 0 unspecified atom stereocenters. The molecule has 0 aliphatic carbocycles. The molecular weight excluding hydrogens is 270 g/mol. The van der Waals surface area contributed by atoms with E-state index in [4.69, 9.17) is 10.4 Å². The molecule has 1 aromatic heterocycles. The van der Waals surface area contributed by atoms with Crippen molar-refractivity contribution < 1.29 is 14.7 Å². The van der Waals surface area contributed by atoms with E-state index in [2.05, 4.69) is 10.3 Å². The lowest BCUT2D eigenvalue weighted by atomic mass is 10.1. The lowest BCUT2D eigenvalue weighted by Crippen LogP contribution is -2.29. The molecule has 0 bridgehead atoms. The number of nitrogens with zero attached hydrogens (tertiary/aromatic N) is 2. The predicted molar refractivity (Wildman–Crippen MR) is 74.4 cm³/mol. The molecule has 0 atom stereocenters. The third-order valence-electron chi connectivity index (χ3n) is 2.74. The number of benzene rings is 1. The van der Waals surface area contributed by atoms with Crippen LogP contribution in [0.15, 0.2) is 42.6 Å². The number of nitrogens with one attached hydrogen (secondary N) is 1. The van der Waals surface area contributed by atoms with Crippen molar-refractivity contribution in [2.75, 3.05) is 6.54 Å². The number of amides is 1. The van der Waals surface area contributed by atoms with Crippen LogP contribution in [0.1, 0.15) is 16.1 Å². The largest absolute Gasteiger partial charge is 0.480 e. The molecule has 0 spiro atoms. The van der Waals surface area contributed by atoms with Gasteiger partial charge in [-0.25, -0.2) is 0 Å². The number of hydrogen-bond acceptors (Lipinski definition) is 4. The Bertz CT molecular complexity index is 700. The van der Waals surface area contributed by atoms with Gasteiger partial charge < -0.3 is 10.4 Å². The van der Waals surface area contributed by atoms with Gasteiger partial charge in [-0.05, 0) is 23.8 Å². The fourth-order valence-electron chi connectivity index (χ4n) is 1.68. The summed E-state index contributed by atoms with van der Waals surface area (Å²) in [5, 5.41) is 19.5. The van der Waals surface area contributed by atoms with E-state index in [0.717, 1.165) is 11.1 Å². The summed E-state index contributed by atoms with van der Waals surface area (Å²) in [4.78, 5) is 26.0. The van der Waals surface area contributed by atoms with Crippen LogP contribution in [-0.4, -0.2) is 28.5 Å². The summed E-state index contributed by atoms with van der Waals surface area (Å²) in [6.07, 6.45) is 1.52. The Balaban J connectivity index is 2.12. The summed E-state index contributed by atoms with van der Waals surface area (Å²) in [6.45, 7) is -0.447. The van der Waals surface area contributed by atoms with Crippen molar-refractivity contribution >= 4 is 11.9 Å². The van der Waals surface area contributed by atoms with Crippen LogP contribution in [0.5, 0.6) is 0 Å². The van der Waals surface area contributed by atoms with Crippen LogP contribution in [0.3, 0.4) is 0 Å². The first-order valence-electron chi connectivity index (χ1n) is 6.07. The summed E-state index contributed by atoms with van der Waals surface area (Å²) >= 11 is 0. The maximum absolute atomic E-state index is 11.6. The van der Waals surface area contributed by atoms with Gasteiger partial charge in [-0.2, -0.15) is 5.26 Å².